The van der Waals surface area contributed by atoms with Crippen molar-refractivity contribution in [3.05, 3.63) is 69.9 Å². The topological polar surface area (TPSA) is 40.5 Å². The SMILES string of the molecule is CC(C)NC(=O)N1Cc2c(sc3c2CCCC3)-n2cccc2[C@@H]1c1ccc(N(C)C)cc1. The number of nitrogens with one attached hydrogen (secondary N) is 1. The van der Waals surface area contributed by atoms with Gasteiger partial charge in [-0.15, -0.1) is 11.3 Å². The molecule has 5 rings (SSSR count). The molecule has 1 N–H and O–H groups in total. The lowest BCUT2D eigenvalue weighted by molar-refractivity contribution is 0.178. The number of fused-ring (bicyclic) bond motifs is 5. The first-order valence-corrected chi connectivity index (χ1v) is 12.4. The fourth-order valence-electron chi connectivity index (χ4n) is 5.02. The standard InChI is InChI=1S/C26H32N4OS/c1-17(2)27-26(31)30-16-21-20-8-5-6-10-23(20)32-25(21)29-15-7-9-22(29)24(30)18-11-13-19(14-12-18)28(3)4/h7,9,11-15,17,24H,5-6,8,10,16H2,1-4H3,(H,27,31)/t24-/m0/s1. The summed E-state index contributed by atoms with van der Waals surface area (Å²) < 4.78 is 2.34. The van der Waals surface area contributed by atoms with E-state index in [0.717, 1.165) is 29.8 Å². The lowest BCUT2D eigenvalue weighted by Gasteiger charge is -2.32. The monoisotopic (exact) mass is 448 g/mol. The summed E-state index contributed by atoms with van der Waals surface area (Å²) in [6.45, 7) is 4.69. The number of aryl methyl sites for hydroxylation is 1. The summed E-state index contributed by atoms with van der Waals surface area (Å²) in [5, 5.41) is 4.47. The van der Waals surface area contributed by atoms with Crippen LogP contribution in [0.3, 0.4) is 0 Å². The number of hydrogen-bond acceptors (Lipinski definition) is 3. The number of nitrogens with zero attached hydrogens (tertiary/aromatic N) is 3. The average molecular weight is 449 g/mol. The van der Waals surface area contributed by atoms with E-state index in [1.807, 2.05) is 30.1 Å². The molecule has 3 aromatic rings. The molecule has 168 valence electrons. The van der Waals surface area contributed by atoms with Crippen molar-refractivity contribution < 1.29 is 4.79 Å². The van der Waals surface area contributed by atoms with Crippen LogP contribution in [0.25, 0.3) is 5.00 Å². The Morgan fingerprint density at radius 2 is 1.84 bits per heavy atom. The van der Waals surface area contributed by atoms with E-state index < -0.39 is 0 Å². The Kier molecular flexibility index (Phi) is 5.49. The van der Waals surface area contributed by atoms with Gasteiger partial charge in [0.15, 0.2) is 0 Å². The van der Waals surface area contributed by atoms with Gasteiger partial charge in [0.2, 0.25) is 0 Å². The van der Waals surface area contributed by atoms with E-state index in [1.54, 1.807) is 0 Å². The zero-order chi connectivity index (χ0) is 22.4. The molecule has 1 aliphatic heterocycles. The number of anilines is 1. The maximum atomic E-state index is 13.6. The summed E-state index contributed by atoms with van der Waals surface area (Å²) in [5.74, 6) is 0. The smallest absolute Gasteiger partial charge is 0.318 e. The normalized spacial score (nSPS) is 17.4. The van der Waals surface area contributed by atoms with Crippen LogP contribution in [0.2, 0.25) is 0 Å². The van der Waals surface area contributed by atoms with Crippen LogP contribution in [0.5, 0.6) is 0 Å². The fraction of sp³-hybridized carbons (Fsp3) is 0.423. The minimum absolute atomic E-state index is 0.00181. The first-order valence-electron chi connectivity index (χ1n) is 11.6. The van der Waals surface area contributed by atoms with Gasteiger partial charge in [-0.05, 0) is 74.9 Å². The molecule has 0 saturated carbocycles. The van der Waals surface area contributed by atoms with Gasteiger partial charge in [0.05, 0.1) is 18.3 Å². The fourth-order valence-corrected chi connectivity index (χ4v) is 6.43. The highest BCUT2D eigenvalue weighted by atomic mass is 32.1. The van der Waals surface area contributed by atoms with Crippen LogP contribution in [0, 0.1) is 0 Å². The van der Waals surface area contributed by atoms with Crippen LogP contribution in [-0.2, 0) is 19.4 Å². The van der Waals surface area contributed by atoms with Crippen molar-refractivity contribution in [2.24, 2.45) is 0 Å². The second-order valence-corrected chi connectivity index (χ2v) is 10.5. The number of urea groups is 1. The second-order valence-electron chi connectivity index (χ2n) is 9.42. The number of carbonyl (C=O) groups is 1. The van der Waals surface area contributed by atoms with Crippen molar-refractivity contribution in [1.82, 2.24) is 14.8 Å². The lowest BCUT2D eigenvalue weighted by atomic mass is 9.95. The number of benzene rings is 1. The molecule has 2 amide bonds. The van der Waals surface area contributed by atoms with E-state index in [0.29, 0.717) is 6.54 Å². The highest BCUT2D eigenvalue weighted by Crippen LogP contribution is 2.44. The van der Waals surface area contributed by atoms with Crippen molar-refractivity contribution in [3.8, 4) is 5.00 Å². The first kappa shape index (κ1) is 21.1. The Bertz CT molecular complexity index is 1130. The Morgan fingerprint density at radius 1 is 1.09 bits per heavy atom. The van der Waals surface area contributed by atoms with Crippen molar-refractivity contribution in [2.45, 2.75) is 58.2 Å². The van der Waals surface area contributed by atoms with Gasteiger partial charge in [-0.1, -0.05) is 12.1 Å². The Morgan fingerprint density at radius 3 is 2.56 bits per heavy atom. The highest BCUT2D eigenvalue weighted by molar-refractivity contribution is 7.15. The quantitative estimate of drug-likeness (QED) is 0.574. The summed E-state index contributed by atoms with van der Waals surface area (Å²) in [7, 11) is 4.10. The molecule has 1 aliphatic carbocycles. The molecule has 2 aromatic heterocycles. The van der Waals surface area contributed by atoms with Gasteiger partial charge in [-0.25, -0.2) is 4.79 Å². The molecule has 1 aromatic carbocycles. The molecule has 6 heteroatoms. The first-order chi connectivity index (χ1) is 15.4. The molecule has 0 fully saturated rings. The molecule has 0 saturated heterocycles. The maximum Gasteiger partial charge on any atom is 0.318 e. The minimum atomic E-state index is -0.140. The largest absolute Gasteiger partial charge is 0.378 e. The highest BCUT2D eigenvalue weighted by Gasteiger charge is 2.36. The Hall–Kier alpha value is -2.73. The average Bonchev–Trinajstić information content (AvgIpc) is 3.35. The minimum Gasteiger partial charge on any atom is -0.378 e. The molecule has 0 radical (unpaired) electrons. The van der Waals surface area contributed by atoms with Crippen LogP contribution >= 0.6 is 11.3 Å². The molecule has 0 unspecified atom stereocenters. The molecule has 32 heavy (non-hydrogen) atoms. The second kappa shape index (κ2) is 8.32. The molecule has 5 nitrogen and oxygen atoms in total. The molecule has 3 heterocycles. The molecule has 1 atom stereocenters. The third kappa shape index (κ3) is 3.60. The van der Waals surface area contributed by atoms with Gasteiger partial charge < -0.3 is 19.7 Å². The zero-order valence-corrected chi connectivity index (χ0v) is 20.2. The van der Waals surface area contributed by atoms with E-state index in [9.17, 15) is 4.79 Å². The summed E-state index contributed by atoms with van der Waals surface area (Å²) in [4.78, 5) is 19.2. The van der Waals surface area contributed by atoms with Crippen molar-refractivity contribution in [1.29, 1.82) is 0 Å². The molecule has 0 spiro atoms. The number of carbonyl (C=O) groups excluding carboxylic acids is 1. The predicted molar refractivity (Wildman–Crippen MR) is 132 cm³/mol. The molecular weight excluding hydrogens is 416 g/mol. The van der Waals surface area contributed by atoms with Gasteiger partial charge in [0, 0.05) is 42.5 Å². The Balaban J connectivity index is 1.66. The number of thiophene rings is 1. The van der Waals surface area contributed by atoms with E-state index >= 15 is 0 Å². The number of aromatic nitrogens is 1. The molecule has 2 aliphatic rings. The van der Waals surface area contributed by atoms with Crippen LogP contribution < -0.4 is 10.2 Å². The van der Waals surface area contributed by atoms with Crippen molar-refractivity contribution >= 4 is 23.1 Å². The van der Waals surface area contributed by atoms with E-state index in [-0.39, 0.29) is 18.1 Å². The van der Waals surface area contributed by atoms with Crippen LogP contribution in [-0.4, -0.2) is 35.6 Å². The summed E-state index contributed by atoms with van der Waals surface area (Å²) >= 11 is 1.93. The van der Waals surface area contributed by atoms with Gasteiger partial charge in [0.25, 0.3) is 0 Å². The van der Waals surface area contributed by atoms with Crippen LogP contribution in [0.15, 0.2) is 42.6 Å². The number of hydrogen-bond donors (Lipinski definition) is 1. The van der Waals surface area contributed by atoms with Crippen LogP contribution in [0.4, 0.5) is 10.5 Å². The van der Waals surface area contributed by atoms with Crippen molar-refractivity contribution in [2.75, 3.05) is 19.0 Å². The van der Waals surface area contributed by atoms with Gasteiger partial charge >= 0.3 is 6.03 Å². The van der Waals surface area contributed by atoms with Crippen LogP contribution in [0.1, 0.15) is 60.0 Å². The Labute approximate surface area is 194 Å². The summed E-state index contributed by atoms with van der Waals surface area (Å²) in [6.07, 6.45) is 6.96. The number of rotatable bonds is 3. The van der Waals surface area contributed by atoms with Gasteiger partial charge in [-0.3, -0.25) is 0 Å². The predicted octanol–water partition coefficient (Wildman–Crippen LogP) is 5.51. The summed E-state index contributed by atoms with van der Waals surface area (Å²) in [6, 6.07) is 12.9. The molecular formula is C26H32N4OS. The van der Waals surface area contributed by atoms with E-state index in [2.05, 4.69) is 71.5 Å². The van der Waals surface area contributed by atoms with E-state index in [4.69, 9.17) is 0 Å². The van der Waals surface area contributed by atoms with Gasteiger partial charge in [-0.2, -0.15) is 0 Å². The third-order valence-corrected chi connectivity index (χ3v) is 7.91. The van der Waals surface area contributed by atoms with Gasteiger partial charge in [0.1, 0.15) is 5.00 Å². The lowest BCUT2D eigenvalue weighted by Crippen LogP contribution is -2.44. The molecule has 0 bridgehead atoms. The third-order valence-electron chi connectivity index (χ3n) is 6.58. The zero-order valence-electron chi connectivity index (χ0n) is 19.4. The number of amides is 2. The van der Waals surface area contributed by atoms with E-state index in [1.165, 1.54) is 33.8 Å². The maximum absolute atomic E-state index is 13.6. The van der Waals surface area contributed by atoms with Crippen molar-refractivity contribution in [3.63, 3.8) is 0 Å². The summed E-state index contributed by atoms with van der Waals surface area (Å²) in [5.41, 5.74) is 6.27.